The number of hydrogen-bond donors (Lipinski definition) is 2. The van der Waals surface area contributed by atoms with Gasteiger partial charge in [-0.15, -0.1) is 0 Å². The number of benzene rings is 1. The third-order valence-corrected chi connectivity index (χ3v) is 8.13. The van der Waals surface area contributed by atoms with Crippen LogP contribution in [0.25, 0.3) is 11.1 Å². The normalized spacial score (nSPS) is 19.2. The second-order valence-corrected chi connectivity index (χ2v) is 10.3. The number of pyridine rings is 2. The highest BCUT2D eigenvalue weighted by Gasteiger charge is 2.33. The van der Waals surface area contributed by atoms with Gasteiger partial charge in [0.25, 0.3) is 0 Å². The highest BCUT2D eigenvalue weighted by Crippen LogP contribution is 2.32. The van der Waals surface area contributed by atoms with E-state index >= 15 is 0 Å². The van der Waals surface area contributed by atoms with Crippen LogP contribution in [0.1, 0.15) is 31.2 Å². The van der Waals surface area contributed by atoms with Crippen molar-refractivity contribution < 1.29 is 21.6 Å². The molecule has 2 heterocycles. The van der Waals surface area contributed by atoms with E-state index < -0.39 is 26.8 Å². The first-order valence-electron chi connectivity index (χ1n) is 10.5. The van der Waals surface area contributed by atoms with Crippen LogP contribution in [0.5, 0.6) is 0 Å². The molecule has 33 heavy (non-hydrogen) atoms. The lowest BCUT2D eigenvalue weighted by molar-refractivity contribution is -0.137. The summed E-state index contributed by atoms with van der Waals surface area (Å²) < 4.78 is 64.3. The fraction of sp³-hybridized carbons (Fsp3) is 0.304. The molecule has 1 aliphatic carbocycles. The number of anilines is 2. The number of alkyl halides is 3. The predicted octanol–water partition coefficient (Wildman–Crippen LogP) is 4.94. The van der Waals surface area contributed by atoms with Gasteiger partial charge in [0, 0.05) is 18.4 Å². The molecule has 0 aliphatic heterocycles. The molecule has 1 aromatic carbocycles. The number of halogens is 3. The Labute approximate surface area is 190 Å². The van der Waals surface area contributed by atoms with Gasteiger partial charge in [-0.1, -0.05) is 12.1 Å². The fourth-order valence-electron chi connectivity index (χ4n) is 4.03. The second-order valence-electron chi connectivity index (χ2n) is 8.09. The van der Waals surface area contributed by atoms with Crippen molar-refractivity contribution in [1.29, 1.82) is 0 Å². The summed E-state index contributed by atoms with van der Waals surface area (Å²) in [5, 5.41) is 2.61. The Morgan fingerprint density at radius 3 is 2.18 bits per heavy atom. The Hall–Kier alpha value is -3.14. The summed E-state index contributed by atoms with van der Waals surface area (Å²) in [7, 11) is -3.49. The number of rotatable bonds is 5. The fourth-order valence-corrected chi connectivity index (χ4v) is 5.82. The Morgan fingerprint density at radius 1 is 0.909 bits per heavy atom. The van der Waals surface area contributed by atoms with E-state index in [0.29, 0.717) is 37.3 Å². The van der Waals surface area contributed by atoms with E-state index in [2.05, 4.69) is 15.3 Å². The SMILES string of the molecule is Nc1cc(-c2ccc(S(=O)(=O)C3CCC(Nc4ccc(C(F)(F)F)cn4)CC3)cc2)ccn1. The Morgan fingerprint density at radius 2 is 1.61 bits per heavy atom. The number of nitrogens with one attached hydrogen (secondary N) is 1. The molecule has 0 spiro atoms. The first-order chi connectivity index (χ1) is 15.6. The van der Waals surface area contributed by atoms with Crippen LogP contribution < -0.4 is 11.1 Å². The molecule has 4 rings (SSSR count). The number of aromatic nitrogens is 2. The minimum absolute atomic E-state index is 0.0415. The van der Waals surface area contributed by atoms with Crippen LogP contribution in [-0.4, -0.2) is 29.7 Å². The molecule has 0 atom stereocenters. The smallest absolute Gasteiger partial charge is 0.384 e. The van der Waals surface area contributed by atoms with Gasteiger partial charge in [0.2, 0.25) is 0 Å². The standard InChI is InChI=1S/C23H23F3N4O2S/c24-23(25,26)17-3-10-22(29-14-17)30-18-4-8-20(9-5-18)33(31,32)19-6-1-15(2-7-19)16-11-12-28-21(27)13-16/h1-3,6-7,10-14,18,20H,4-5,8-9H2,(H2,27,28)(H,29,30). The van der Waals surface area contributed by atoms with E-state index in [4.69, 9.17) is 5.73 Å². The average Bonchev–Trinajstić information content (AvgIpc) is 2.79. The zero-order valence-electron chi connectivity index (χ0n) is 17.6. The largest absolute Gasteiger partial charge is 0.417 e. The van der Waals surface area contributed by atoms with Crippen molar-refractivity contribution in [2.75, 3.05) is 11.1 Å². The van der Waals surface area contributed by atoms with Gasteiger partial charge in [0.1, 0.15) is 11.6 Å². The van der Waals surface area contributed by atoms with Crippen molar-refractivity contribution in [3.63, 3.8) is 0 Å². The van der Waals surface area contributed by atoms with Gasteiger partial charge in [-0.3, -0.25) is 0 Å². The zero-order valence-corrected chi connectivity index (χ0v) is 18.4. The lowest BCUT2D eigenvalue weighted by Gasteiger charge is -2.29. The molecule has 0 radical (unpaired) electrons. The van der Waals surface area contributed by atoms with Crippen LogP contribution in [0.3, 0.4) is 0 Å². The summed E-state index contributed by atoms with van der Waals surface area (Å²) in [5.74, 6) is 0.739. The molecule has 10 heteroatoms. The molecule has 0 amide bonds. The summed E-state index contributed by atoms with van der Waals surface area (Å²) in [4.78, 5) is 8.06. The van der Waals surface area contributed by atoms with E-state index in [9.17, 15) is 21.6 Å². The van der Waals surface area contributed by atoms with Crippen LogP contribution in [0.2, 0.25) is 0 Å². The van der Waals surface area contributed by atoms with Crippen molar-refractivity contribution in [2.45, 2.75) is 48.0 Å². The molecule has 174 valence electrons. The summed E-state index contributed by atoms with van der Waals surface area (Å²) >= 11 is 0. The lowest BCUT2D eigenvalue weighted by atomic mass is 9.95. The van der Waals surface area contributed by atoms with Crippen molar-refractivity contribution in [2.24, 2.45) is 0 Å². The number of nitrogens with two attached hydrogens (primary N) is 1. The third kappa shape index (κ3) is 5.27. The highest BCUT2D eigenvalue weighted by molar-refractivity contribution is 7.92. The topological polar surface area (TPSA) is 98.0 Å². The van der Waals surface area contributed by atoms with Gasteiger partial charge >= 0.3 is 6.18 Å². The highest BCUT2D eigenvalue weighted by atomic mass is 32.2. The minimum atomic E-state index is -4.43. The molecule has 2 aromatic heterocycles. The van der Waals surface area contributed by atoms with Crippen molar-refractivity contribution in [1.82, 2.24) is 9.97 Å². The van der Waals surface area contributed by atoms with Crippen molar-refractivity contribution >= 4 is 21.5 Å². The quantitative estimate of drug-likeness (QED) is 0.541. The van der Waals surface area contributed by atoms with Gasteiger partial charge in [-0.25, -0.2) is 18.4 Å². The van der Waals surface area contributed by atoms with Crippen LogP contribution in [0, 0.1) is 0 Å². The van der Waals surface area contributed by atoms with Crippen LogP contribution >= 0.6 is 0 Å². The molecule has 1 aliphatic rings. The van der Waals surface area contributed by atoms with Crippen LogP contribution in [0.4, 0.5) is 24.8 Å². The molecule has 0 unspecified atom stereocenters. The van der Waals surface area contributed by atoms with Gasteiger partial charge in [-0.05, 0) is 73.2 Å². The van der Waals surface area contributed by atoms with E-state index in [1.807, 2.05) is 0 Å². The Balaban J connectivity index is 1.37. The van der Waals surface area contributed by atoms with E-state index in [1.54, 1.807) is 42.6 Å². The molecule has 1 fully saturated rings. The molecule has 0 bridgehead atoms. The third-order valence-electron chi connectivity index (χ3n) is 5.85. The lowest BCUT2D eigenvalue weighted by Crippen LogP contribution is -2.33. The van der Waals surface area contributed by atoms with Crippen LogP contribution in [-0.2, 0) is 16.0 Å². The monoisotopic (exact) mass is 476 g/mol. The van der Waals surface area contributed by atoms with Gasteiger partial charge in [0.15, 0.2) is 9.84 Å². The second kappa shape index (κ2) is 9.01. The zero-order chi connectivity index (χ0) is 23.6. The summed E-state index contributed by atoms with van der Waals surface area (Å²) in [5.41, 5.74) is 6.61. The summed E-state index contributed by atoms with van der Waals surface area (Å²) in [6.07, 6.45) is 0.0562. The number of hydrogen-bond acceptors (Lipinski definition) is 6. The van der Waals surface area contributed by atoms with Gasteiger partial charge in [-0.2, -0.15) is 13.2 Å². The van der Waals surface area contributed by atoms with Crippen LogP contribution in [0.15, 0.2) is 65.8 Å². The Bertz CT molecular complexity index is 1210. The average molecular weight is 477 g/mol. The molecule has 1 saturated carbocycles. The first-order valence-corrected chi connectivity index (χ1v) is 12.0. The van der Waals surface area contributed by atoms with E-state index in [1.165, 1.54) is 6.07 Å². The van der Waals surface area contributed by atoms with E-state index in [-0.39, 0.29) is 10.9 Å². The van der Waals surface area contributed by atoms with Gasteiger partial charge in [0.05, 0.1) is 15.7 Å². The molecule has 0 saturated heterocycles. The predicted molar refractivity (Wildman–Crippen MR) is 120 cm³/mol. The van der Waals surface area contributed by atoms with E-state index in [0.717, 1.165) is 23.4 Å². The minimum Gasteiger partial charge on any atom is -0.384 e. The maximum Gasteiger partial charge on any atom is 0.417 e. The molecule has 3 aromatic rings. The Kier molecular flexibility index (Phi) is 6.29. The number of nitrogen functional groups attached to an aromatic ring is 1. The number of nitrogens with zero attached hydrogens (tertiary/aromatic N) is 2. The maximum absolute atomic E-state index is 13.1. The molecular formula is C23H23F3N4O2S. The van der Waals surface area contributed by atoms with Gasteiger partial charge < -0.3 is 11.1 Å². The first kappa shape index (κ1) is 23.0. The summed E-state index contributed by atoms with van der Waals surface area (Å²) in [6.45, 7) is 0. The van der Waals surface area contributed by atoms with Crippen molar-refractivity contribution in [3.8, 4) is 11.1 Å². The van der Waals surface area contributed by atoms with Crippen molar-refractivity contribution in [3.05, 3.63) is 66.5 Å². The number of sulfone groups is 1. The maximum atomic E-state index is 13.1. The molecular weight excluding hydrogens is 453 g/mol. The molecule has 6 nitrogen and oxygen atoms in total. The summed E-state index contributed by atoms with van der Waals surface area (Å²) in [6, 6.07) is 12.5. The molecule has 3 N–H and O–H groups in total.